The fraction of sp³-hybridized carbons (Fsp3) is 0.571. The summed E-state index contributed by atoms with van der Waals surface area (Å²) in [5.41, 5.74) is 0.778. The van der Waals surface area contributed by atoms with Crippen LogP contribution in [-0.4, -0.2) is 46.3 Å². The summed E-state index contributed by atoms with van der Waals surface area (Å²) in [6.07, 6.45) is -3.16. The lowest BCUT2D eigenvalue weighted by Crippen LogP contribution is -2.45. The van der Waals surface area contributed by atoms with E-state index in [0.29, 0.717) is 0 Å². The predicted octanol–water partition coefficient (Wildman–Crippen LogP) is 1.79. The molecule has 0 aliphatic carbocycles. The van der Waals surface area contributed by atoms with E-state index in [9.17, 15) is 23.1 Å². The van der Waals surface area contributed by atoms with Gasteiger partial charge in [-0.1, -0.05) is 6.07 Å². The Kier molecular flexibility index (Phi) is 4.82. The van der Waals surface area contributed by atoms with E-state index in [1.165, 1.54) is 0 Å². The first kappa shape index (κ1) is 15.8. The van der Waals surface area contributed by atoms with Crippen LogP contribution >= 0.6 is 0 Å². The highest BCUT2D eigenvalue weighted by Crippen LogP contribution is 2.31. The van der Waals surface area contributed by atoms with Gasteiger partial charge in [-0.15, -0.1) is 0 Å². The summed E-state index contributed by atoms with van der Waals surface area (Å²) in [7, 11) is 0. The minimum atomic E-state index is -4.59. The van der Waals surface area contributed by atoms with Crippen molar-refractivity contribution in [3.63, 3.8) is 0 Å². The van der Waals surface area contributed by atoms with E-state index in [-0.39, 0.29) is 38.3 Å². The molecule has 0 bridgehead atoms. The van der Waals surface area contributed by atoms with Crippen LogP contribution in [0, 0.1) is 5.92 Å². The Morgan fingerprint density at radius 1 is 1.43 bits per heavy atom. The molecule has 1 fully saturated rings. The van der Waals surface area contributed by atoms with Gasteiger partial charge in [0.1, 0.15) is 0 Å². The smallest absolute Gasteiger partial charge is 0.383 e. The average molecular weight is 302 g/mol. The van der Waals surface area contributed by atoms with E-state index in [0.717, 1.165) is 5.56 Å². The van der Waals surface area contributed by atoms with Crippen LogP contribution in [0.2, 0.25) is 0 Å². The van der Waals surface area contributed by atoms with Crippen molar-refractivity contribution in [3.05, 3.63) is 30.1 Å². The van der Waals surface area contributed by atoms with Crippen LogP contribution in [-0.2, 0) is 11.2 Å². The normalized spacial score (nSPS) is 18.6. The number of likely N-dealkylation sites (tertiary alicyclic amines) is 1. The summed E-state index contributed by atoms with van der Waals surface area (Å²) in [6, 6.07) is 3.51. The number of pyridine rings is 1. The number of nitrogens with zero attached hydrogens (tertiary/aromatic N) is 2. The molecule has 1 aliphatic rings. The molecule has 1 saturated heterocycles. The summed E-state index contributed by atoms with van der Waals surface area (Å²) >= 11 is 0. The number of carbonyl (C=O) groups excluding carboxylic acids is 1. The molecule has 0 radical (unpaired) electrons. The number of aliphatic hydroxyl groups excluding tert-OH is 1. The van der Waals surface area contributed by atoms with Crippen molar-refractivity contribution in [1.29, 1.82) is 0 Å². The molecule has 0 aromatic carbocycles. The first-order valence-corrected chi connectivity index (χ1v) is 6.79. The Labute approximate surface area is 120 Å². The van der Waals surface area contributed by atoms with Crippen LogP contribution in [0.15, 0.2) is 24.5 Å². The predicted molar refractivity (Wildman–Crippen MR) is 69.3 cm³/mol. The molecule has 1 aromatic heterocycles. The van der Waals surface area contributed by atoms with Gasteiger partial charge in [0, 0.05) is 25.5 Å². The Hall–Kier alpha value is -1.63. The topological polar surface area (TPSA) is 53.4 Å². The molecule has 1 unspecified atom stereocenters. The molecule has 1 atom stereocenters. The highest BCUT2D eigenvalue weighted by molar-refractivity contribution is 5.78. The van der Waals surface area contributed by atoms with Crippen LogP contribution in [0.3, 0.4) is 0 Å². The third-order valence-corrected chi connectivity index (χ3v) is 3.75. The first-order valence-electron chi connectivity index (χ1n) is 6.79. The molecular weight excluding hydrogens is 285 g/mol. The van der Waals surface area contributed by atoms with E-state index >= 15 is 0 Å². The number of hydrogen-bond acceptors (Lipinski definition) is 3. The molecule has 4 nitrogen and oxygen atoms in total. The highest BCUT2D eigenvalue weighted by Gasteiger charge is 2.44. The van der Waals surface area contributed by atoms with Gasteiger partial charge in [-0.2, -0.15) is 13.2 Å². The second kappa shape index (κ2) is 6.43. The van der Waals surface area contributed by atoms with Gasteiger partial charge in [0.15, 0.2) is 6.10 Å². The number of aliphatic hydroxyl groups is 1. The molecule has 1 aliphatic heterocycles. The van der Waals surface area contributed by atoms with Crippen molar-refractivity contribution in [2.45, 2.75) is 31.5 Å². The lowest BCUT2D eigenvalue weighted by atomic mass is 9.90. The molecule has 0 spiro atoms. The zero-order valence-electron chi connectivity index (χ0n) is 11.4. The number of hydrogen-bond donors (Lipinski definition) is 1. The van der Waals surface area contributed by atoms with E-state index < -0.39 is 18.2 Å². The fourth-order valence-electron chi connectivity index (χ4n) is 2.52. The molecule has 1 amide bonds. The second-order valence-electron chi connectivity index (χ2n) is 5.24. The standard InChI is InChI=1S/C14H17F3N2O2/c15-14(16,17)13(21)11-3-6-19(7-4-11)12(20)8-10-2-1-5-18-9-10/h1-2,5,9,11,13,21H,3-4,6-8H2. The SMILES string of the molecule is O=C(Cc1cccnc1)N1CCC(C(O)C(F)(F)F)CC1. The third kappa shape index (κ3) is 4.17. The van der Waals surface area contributed by atoms with Gasteiger partial charge in [0.25, 0.3) is 0 Å². The monoisotopic (exact) mass is 302 g/mol. The van der Waals surface area contributed by atoms with Gasteiger partial charge < -0.3 is 10.0 Å². The molecular formula is C14H17F3N2O2. The molecule has 1 N–H and O–H groups in total. The maximum atomic E-state index is 12.4. The molecule has 0 saturated carbocycles. The van der Waals surface area contributed by atoms with Crippen LogP contribution in [0.4, 0.5) is 13.2 Å². The van der Waals surface area contributed by atoms with E-state index in [2.05, 4.69) is 4.98 Å². The first-order chi connectivity index (χ1) is 9.88. The second-order valence-corrected chi connectivity index (χ2v) is 5.24. The van der Waals surface area contributed by atoms with Crippen molar-refractivity contribution < 1.29 is 23.1 Å². The number of halogens is 3. The van der Waals surface area contributed by atoms with E-state index in [1.807, 2.05) is 0 Å². The molecule has 116 valence electrons. The third-order valence-electron chi connectivity index (χ3n) is 3.75. The highest BCUT2D eigenvalue weighted by atomic mass is 19.4. The number of aromatic nitrogens is 1. The van der Waals surface area contributed by atoms with Crippen molar-refractivity contribution in [2.75, 3.05) is 13.1 Å². The van der Waals surface area contributed by atoms with Crippen LogP contribution in [0.25, 0.3) is 0 Å². The Balaban J connectivity index is 1.85. The lowest BCUT2D eigenvalue weighted by Gasteiger charge is -2.34. The van der Waals surface area contributed by atoms with Crippen molar-refractivity contribution in [2.24, 2.45) is 5.92 Å². The zero-order valence-corrected chi connectivity index (χ0v) is 11.4. The van der Waals surface area contributed by atoms with Crippen LogP contribution < -0.4 is 0 Å². The van der Waals surface area contributed by atoms with Crippen LogP contribution in [0.1, 0.15) is 18.4 Å². The van der Waals surface area contributed by atoms with Gasteiger partial charge >= 0.3 is 6.18 Å². The maximum absolute atomic E-state index is 12.4. The average Bonchev–Trinajstić information content (AvgIpc) is 2.46. The Morgan fingerprint density at radius 2 is 2.10 bits per heavy atom. The molecule has 2 heterocycles. The minimum Gasteiger partial charge on any atom is -0.383 e. The van der Waals surface area contributed by atoms with Gasteiger partial charge in [0.05, 0.1) is 6.42 Å². The molecule has 7 heteroatoms. The molecule has 21 heavy (non-hydrogen) atoms. The van der Waals surface area contributed by atoms with E-state index in [4.69, 9.17) is 0 Å². The number of piperidine rings is 1. The van der Waals surface area contributed by atoms with Crippen molar-refractivity contribution >= 4 is 5.91 Å². The summed E-state index contributed by atoms with van der Waals surface area (Å²) in [5, 5.41) is 9.23. The molecule has 2 rings (SSSR count). The minimum absolute atomic E-state index is 0.122. The van der Waals surface area contributed by atoms with Crippen molar-refractivity contribution in [1.82, 2.24) is 9.88 Å². The zero-order chi connectivity index (χ0) is 15.5. The number of alkyl halides is 3. The number of amides is 1. The van der Waals surface area contributed by atoms with Gasteiger partial charge in [-0.3, -0.25) is 9.78 Å². The van der Waals surface area contributed by atoms with E-state index in [1.54, 1.807) is 29.4 Å². The lowest BCUT2D eigenvalue weighted by molar-refractivity contribution is -0.222. The van der Waals surface area contributed by atoms with Crippen molar-refractivity contribution in [3.8, 4) is 0 Å². The summed E-state index contributed by atoms with van der Waals surface area (Å²) in [4.78, 5) is 17.5. The summed E-state index contributed by atoms with van der Waals surface area (Å²) in [6.45, 7) is 0.494. The largest absolute Gasteiger partial charge is 0.414 e. The van der Waals surface area contributed by atoms with Gasteiger partial charge in [-0.25, -0.2) is 0 Å². The maximum Gasteiger partial charge on any atom is 0.414 e. The molecule has 1 aromatic rings. The Morgan fingerprint density at radius 3 is 2.62 bits per heavy atom. The van der Waals surface area contributed by atoms with Gasteiger partial charge in [0.2, 0.25) is 5.91 Å². The summed E-state index contributed by atoms with van der Waals surface area (Å²) in [5.74, 6) is -0.949. The summed E-state index contributed by atoms with van der Waals surface area (Å²) < 4.78 is 37.3. The number of rotatable bonds is 3. The quantitative estimate of drug-likeness (QED) is 0.926. The number of carbonyl (C=O) groups is 1. The van der Waals surface area contributed by atoms with Gasteiger partial charge in [-0.05, 0) is 30.4 Å². The fourth-order valence-corrected chi connectivity index (χ4v) is 2.52. The Bertz CT molecular complexity index is 471. The van der Waals surface area contributed by atoms with Crippen LogP contribution in [0.5, 0.6) is 0 Å².